The summed E-state index contributed by atoms with van der Waals surface area (Å²) < 4.78 is 0.695. The van der Waals surface area contributed by atoms with E-state index in [9.17, 15) is 4.79 Å². The van der Waals surface area contributed by atoms with Crippen molar-refractivity contribution in [2.45, 2.75) is 13.0 Å². The largest absolute Gasteiger partial charge is 0.395 e. The van der Waals surface area contributed by atoms with Crippen molar-refractivity contribution >= 4 is 38.4 Å². The molecule has 3 heterocycles. The SMILES string of the molecule is CNc1cc2nc(NC(C)c3ccccn3)nc(C(=O)NCCO)c2s1. The Labute approximate surface area is 154 Å². The molecule has 136 valence electrons. The zero-order valence-electron chi connectivity index (χ0n) is 14.5. The summed E-state index contributed by atoms with van der Waals surface area (Å²) in [6.45, 7) is 1.99. The summed E-state index contributed by atoms with van der Waals surface area (Å²) >= 11 is 1.41. The molecule has 0 aliphatic rings. The first-order valence-corrected chi connectivity index (χ1v) is 9.00. The zero-order valence-corrected chi connectivity index (χ0v) is 15.3. The number of hydrogen-bond acceptors (Lipinski definition) is 8. The predicted octanol–water partition coefficient (Wildman–Crippen LogP) is 2.02. The maximum Gasteiger partial charge on any atom is 0.271 e. The first-order valence-electron chi connectivity index (χ1n) is 8.18. The number of hydrogen-bond donors (Lipinski definition) is 4. The van der Waals surface area contributed by atoms with Gasteiger partial charge >= 0.3 is 0 Å². The van der Waals surface area contributed by atoms with Gasteiger partial charge in [0.2, 0.25) is 5.95 Å². The van der Waals surface area contributed by atoms with Gasteiger partial charge in [0.25, 0.3) is 5.91 Å². The molecule has 8 nitrogen and oxygen atoms in total. The van der Waals surface area contributed by atoms with Gasteiger partial charge in [0.15, 0.2) is 5.69 Å². The first kappa shape index (κ1) is 18.0. The number of carbonyl (C=O) groups excluding carboxylic acids is 1. The summed E-state index contributed by atoms with van der Waals surface area (Å²) in [5, 5.41) is 18.7. The lowest BCUT2D eigenvalue weighted by Gasteiger charge is -2.14. The molecule has 0 aliphatic heterocycles. The van der Waals surface area contributed by atoms with Gasteiger partial charge in [-0.15, -0.1) is 11.3 Å². The Morgan fingerprint density at radius 2 is 2.19 bits per heavy atom. The van der Waals surface area contributed by atoms with Crippen LogP contribution in [0.2, 0.25) is 0 Å². The number of aliphatic hydroxyl groups excluding tert-OH is 1. The van der Waals surface area contributed by atoms with Crippen LogP contribution >= 0.6 is 11.3 Å². The normalized spacial score (nSPS) is 12.0. The van der Waals surface area contributed by atoms with Crippen LogP contribution in [0.5, 0.6) is 0 Å². The minimum absolute atomic E-state index is 0.121. The minimum atomic E-state index is -0.343. The fraction of sp³-hybridized carbons (Fsp3) is 0.294. The first-order chi connectivity index (χ1) is 12.6. The molecule has 26 heavy (non-hydrogen) atoms. The Morgan fingerprint density at radius 1 is 1.35 bits per heavy atom. The van der Waals surface area contributed by atoms with Crippen molar-refractivity contribution in [3.8, 4) is 0 Å². The zero-order chi connectivity index (χ0) is 18.5. The maximum atomic E-state index is 12.5. The van der Waals surface area contributed by atoms with Gasteiger partial charge in [-0.3, -0.25) is 9.78 Å². The van der Waals surface area contributed by atoms with Crippen molar-refractivity contribution < 1.29 is 9.90 Å². The molecular formula is C17H20N6O2S. The van der Waals surface area contributed by atoms with Crippen LogP contribution in [0.25, 0.3) is 10.2 Å². The number of pyridine rings is 1. The number of fused-ring (bicyclic) bond motifs is 1. The van der Waals surface area contributed by atoms with Crippen LogP contribution in [-0.4, -0.2) is 46.2 Å². The van der Waals surface area contributed by atoms with Crippen LogP contribution in [0.1, 0.15) is 29.1 Å². The summed E-state index contributed by atoms with van der Waals surface area (Å²) in [4.78, 5) is 25.7. The van der Waals surface area contributed by atoms with E-state index >= 15 is 0 Å². The lowest BCUT2D eigenvalue weighted by molar-refractivity contribution is 0.0942. The summed E-state index contributed by atoms with van der Waals surface area (Å²) in [5.74, 6) is 0.00902. The molecule has 0 aliphatic carbocycles. The van der Waals surface area contributed by atoms with Gasteiger partial charge in [0, 0.05) is 19.8 Å². The van der Waals surface area contributed by atoms with Crippen LogP contribution in [0, 0.1) is 0 Å². The molecular weight excluding hydrogens is 352 g/mol. The predicted molar refractivity (Wildman–Crippen MR) is 103 cm³/mol. The highest BCUT2D eigenvalue weighted by Crippen LogP contribution is 2.31. The van der Waals surface area contributed by atoms with E-state index in [1.165, 1.54) is 11.3 Å². The van der Waals surface area contributed by atoms with E-state index in [1.807, 2.05) is 38.2 Å². The summed E-state index contributed by atoms with van der Waals surface area (Å²) in [5.41, 5.74) is 1.81. The monoisotopic (exact) mass is 372 g/mol. The third-order valence-electron chi connectivity index (χ3n) is 3.71. The molecule has 1 unspecified atom stereocenters. The van der Waals surface area contributed by atoms with Crippen molar-refractivity contribution in [2.24, 2.45) is 0 Å². The van der Waals surface area contributed by atoms with Gasteiger partial charge in [-0.1, -0.05) is 6.07 Å². The van der Waals surface area contributed by atoms with Gasteiger partial charge in [-0.25, -0.2) is 9.97 Å². The van der Waals surface area contributed by atoms with E-state index in [1.54, 1.807) is 6.20 Å². The minimum Gasteiger partial charge on any atom is -0.395 e. The fourth-order valence-corrected chi connectivity index (χ4v) is 3.36. The van der Waals surface area contributed by atoms with Crippen molar-refractivity contribution in [1.29, 1.82) is 0 Å². The number of aliphatic hydroxyl groups is 1. The number of anilines is 2. The number of carbonyl (C=O) groups is 1. The van der Waals surface area contributed by atoms with E-state index in [0.717, 1.165) is 10.7 Å². The van der Waals surface area contributed by atoms with Crippen molar-refractivity contribution in [2.75, 3.05) is 30.8 Å². The second-order valence-corrected chi connectivity index (χ2v) is 6.62. The van der Waals surface area contributed by atoms with E-state index in [2.05, 4.69) is 30.9 Å². The van der Waals surface area contributed by atoms with Crippen molar-refractivity contribution in [3.05, 3.63) is 41.9 Å². The third-order valence-corrected chi connectivity index (χ3v) is 4.86. The molecule has 0 bridgehead atoms. The number of nitrogens with zero attached hydrogens (tertiary/aromatic N) is 3. The number of rotatable bonds is 7. The molecule has 1 atom stereocenters. The Hall–Kier alpha value is -2.78. The quantitative estimate of drug-likeness (QED) is 0.502. The molecule has 0 spiro atoms. The lowest BCUT2D eigenvalue weighted by atomic mass is 10.2. The van der Waals surface area contributed by atoms with Crippen LogP contribution in [-0.2, 0) is 0 Å². The number of thiophene rings is 1. The average molecular weight is 372 g/mol. The van der Waals surface area contributed by atoms with Gasteiger partial charge in [0.05, 0.1) is 33.6 Å². The molecule has 3 rings (SSSR count). The third kappa shape index (κ3) is 3.89. The summed E-state index contributed by atoms with van der Waals surface area (Å²) in [6, 6.07) is 7.43. The highest BCUT2D eigenvalue weighted by molar-refractivity contribution is 7.23. The summed E-state index contributed by atoms with van der Waals surface area (Å²) in [7, 11) is 1.81. The van der Waals surface area contributed by atoms with Gasteiger partial charge in [0.1, 0.15) is 0 Å². The van der Waals surface area contributed by atoms with E-state index in [0.29, 0.717) is 16.2 Å². The van der Waals surface area contributed by atoms with Crippen LogP contribution in [0.15, 0.2) is 30.5 Å². The van der Waals surface area contributed by atoms with Crippen LogP contribution < -0.4 is 16.0 Å². The second-order valence-electron chi connectivity index (χ2n) is 5.57. The Balaban J connectivity index is 1.96. The van der Waals surface area contributed by atoms with Crippen LogP contribution in [0.3, 0.4) is 0 Å². The molecule has 0 fully saturated rings. The number of nitrogens with one attached hydrogen (secondary N) is 3. The fourth-order valence-electron chi connectivity index (χ4n) is 2.42. The van der Waals surface area contributed by atoms with Gasteiger partial charge in [-0.2, -0.15) is 0 Å². The smallest absolute Gasteiger partial charge is 0.271 e. The molecule has 0 aromatic carbocycles. The van der Waals surface area contributed by atoms with Gasteiger partial charge in [-0.05, 0) is 25.1 Å². The van der Waals surface area contributed by atoms with Gasteiger partial charge < -0.3 is 21.1 Å². The Morgan fingerprint density at radius 3 is 2.88 bits per heavy atom. The molecule has 9 heteroatoms. The van der Waals surface area contributed by atoms with E-state index in [4.69, 9.17) is 5.11 Å². The van der Waals surface area contributed by atoms with Crippen molar-refractivity contribution in [1.82, 2.24) is 20.3 Å². The van der Waals surface area contributed by atoms with Crippen molar-refractivity contribution in [3.63, 3.8) is 0 Å². The molecule has 3 aromatic heterocycles. The topological polar surface area (TPSA) is 112 Å². The molecule has 0 radical (unpaired) electrons. The lowest BCUT2D eigenvalue weighted by Crippen LogP contribution is -2.27. The average Bonchev–Trinajstić information content (AvgIpc) is 3.09. The number of aromatic nitrogens is 3. The van der Waals surface area contributed by atoms with E-state index < -0.39 is 0 Å². The molecule has 0 saturated heterocycles. The second kappa shape index (κ2) is 8.07. The van der Waals surface area contributed by atoms with Crippen LogP contribution in [0.4, 0.5) is 10.9 Å². The van der Waals surface area contributed by atoms with E-state index in [-0.39, 0.29) is 30.8 Å². The molecule has 3 aromatic rings. The molecule has 4 N–H and O–H groups in total. The Kier molecular flexibility index (Phi) is 5.59. The molecule has 0 saturated carbocycles. The maximum absolute atomic E-state index is 12.5. The summed E-state index contributed by atoms with van der Waals surface area (Å²) in [6.07, 6.45) is 1.73. The molecule has 1 amide bonds. The highest BCUT2D eigenvalue weighted by Gasteiger charge is 2.18. The number of amides is 1. The standard InChI is InChI=1S/C17H20N6O2S/c1-10(11-5-3-4-6-19-11)21-17-22-12-9-13(18-2)26-15(12)14(23-17)16(25)20-7-8-24/h3-6,9-10,18,24H,7-8H2,1-2H3,(H,20,25)(H,21,22,23). The highest BCUT2D eigenvalue weighted by atomic mass is 32.1. The Bertz CT molecular complexity index is 899.